The molecule has 0 saturated carbocycles. The molecule has 5 heteroatoms. The van der Waals surface area contributed by atoms with Crippen molar-refractivity contribution in [3.05, 3.63) is 66.2 Å². The zero-order valence-electron chi connectivity index (χ0n) is 17.7. The van der Waals surface area contributed by atoms with Gasteiger partial charge in [0.25, 0.3) is 0 Å². The Hall–Kier alpha value is -2.92. The molecule has 0 atom stereocenters. The SMILES string of the molecule is COCCCNc1cc(Nc2ccccc2C(C)(C)C)nc(-c2ccccc2)n1. The number of hydrogen-bond acceptors (Lipinski definition) is 5. The van der Waals surface area contributed by atoms with Crippen molar-refractivity contribution in [1.82, 2.24) is 9.97 Å². The summed E-state index contributed by atoms with van der Waals surface area (Å²) in [5.74, 6) is 2.26. The van der Waals surface area contributed by atoms with Crippen LogP contribution in [-0.2, 0) is 10.2 Å². The normalized spacial score (nSPS) is 11.3. The highest BCUT2D eigenvalue weighted by molar-refractivity contribution is 5.67. The van der Waals surface area contributed by atoms with Crippen LogP contribution in [0.5, 0.6) is 0 Å². The monoisotopic (exact) mass is 390 g/mol. The maximum atomic E-state index is 5.14. The number of aromatic nitrogens is 2. The molecule has 1 aromatic heterocycles. The van der Waals surface area contributed by atoms with Crippen LogP contribution in [-0.4, -0.2) is 30.2 Å². The van der Waals surface area contributed by atoms with Gasteiger partial charge in [0.15, 0.2) is 5.82 Å². The van der Waals surface area contributed by atoms with E-state index in [-0.39, 0.29) is 5.41 Å². The summed E-state index contributed by atoms with van der Waals surface area (Å²) in [7, 11) is 1.72. The highest BCUT2D eigenvalue weighted by Crippen LogP contribution is 2.31. The molecule has 29 heavy (non-hydrogen) atoms. The van der Waals surface area contributed by atoms with Crippen molar-refractivity contribution in [2.45, 2.75) is 32.6 Å². The molecule has 1 heterocycles. The predicted octanol–water partition coefficient (Wildman–Crippen LogP) is 5.63. The Kier molecular flexibility index (Phi) is 6.83. The molecule has 0 aliphatic heterocycles. The summed E-state index contributed by atoms with van der Waals surface area (Å²) >= 11 is 0. The second kappa shape index (κ2) is 9.52. The number of nitrogens with one attached hydrogen (secondary N) is 2. The van der Waals surface area contributed by atoms with E-state index in [9.17, 15) is 0 Å². The zero-order chi connectivity index (χ0) is 20.7. The first-order valence-corrected chi connectivity index (χ1v) is 10.0. The lowest BCUT2D eigenvalue weighted by Gasteiger charge is -2.23. The van der Waals surface area contributed by atoms with Crippen molar-refractivity contribution in [1.29, 1.82) is 0 Å². The van der Waals surface area contributed by atoms with E-state index in [4.69, 9.17) is 14.7 Å². The van der Waals surface area contributed by atoms with E-state index in [1.54, 1.807) is 7.11 Å². The van der Waals surface area contributed by atoms with Crippen LogP contribution in [0, 0.1) is 0 Å². The molecule has 0 bridgehead atoms. The van der Waals surface area contributed by atoms with Gasteiger partial charge in [-0.3, -0.25) is 0 Å². The molecule has 0 aliphatic carbocycles. The van der Waals surface area contributed by atoms with Gasteiger partial charge >= 0.3 is 0 Å². The second-order valence-corrected chi connectivity index (χ2v) is 8.02. The average Bonchev–Trinajstić information content (AvgIpc) is 2.71. The Labute approximate surface area is 173 Å². The third-order valence-electron chi connectivity index (χ3n) is 4.59. The molecule has 0 saturated heterocycles. The fraction of sp³-hybridized carbons (Fsp3) is 0.333. The van der Waals surface area contributed by atoms with Gasteiger partial charge in [0.2, 0.25) is 0 Å². The van der Waals surface area contributed by atoms with Gasteiger partial charge < -0.3 is 15.4 Å². The fourth-order valence-electron chi connectivity index (χ4n) is 3.14. The Bertz CT molecular complexity index is 920. The molecule has 0 radical (unpaired) electrons. The number of anilines is 3. The van der Waals surface area contributed by atoms with Crippen molar-refractivity contribution >= 4 is 17.3 Å². The molecule has 0 aliphatic rings. The van der Waals surface area contributed by atoms with Crippen LogP contribution in [0.1, 0.15) is 32.8 Å². The maximum absolute atomic E-state index is 5.14. The number of benzene rings is 2. The van der Waals surface area contributed by atoms with Crippen LogP contribution in [0.25, 0.3) is 11.4 Å². The van der Waals surface area contributed by atoms with Crippen molar-refractivity contribution < 1.29 is 4.74 Å². The minimum atomic E-state index is 0.0279. The number of para-hydroxylation sites is 1. The van der Waals surface area contributed by atoms with E-state index in [0.717, 1.165) is 35.9 Å². The molecule has 5 nitrogen and oxygen atoms in total. The van der Waals surface area contributed by atoms with Crippen LogP contribution in [0.2, 0.25) is 0 Å². The van der Waals surface area contributed by atoms with Gasteiger partial charge in [-0.2, -0.15) is 0 Å². The highest BCUT2D eigenvalue weighted by Gasteiger charge is 2.18. The van der Waals surface area contributed by atoms with Gasteiger partial charge in [-0.25, -0.2) is 9.97 Å². The smallest absolute Gasteiger partial charge is 0.163 e. The van der Waals surface area contributed by atoms with Gasteiger partial charge in [0.05, 0.1) is 0 Å². The maximum Gasteiger partial charge on any atom is 0.163 e. The number of rotatable bonds is 8. The summed E-state index contributed by atoms with van der Waals surface area (Å²) in [6.07, 6.45) is 0.913. The first kappa shape index (κ1) is 20.8. The number of nitrogens with zero attached hydrogens (tertiary/aromatic N) is 2. The average molecular weight is 391 g/mol. The minimum Gasteiger partial charge on any atom is -0.385 e. The standard InChI is InChI=1S/C24H30N4O/c1-24(2,3)19-13-8-9-14-20(19)26-22-17-21(25-15-10-16-29-4)27-23(28-22)18-11-6-5-7-12-18/h5-9,11-14,17H,10,15-16H2,1-4H3,(H2,25,26,27,28). The van der Waals surface area contributed by atoms with Crippen LogP contribution in [0.3, 0.4) is 0 Å². The molecule has 2 aromatic carbocycles. The molecule has 0 unspecified atom stereocenters. The third kappa shape index (κ3) is 5.78. The largest absolute Gasteiger partial charge is 0.385 e. The minimum absolute atomic E-state index is 0.0279. The van der Waals surface area contributed by atoms with E-state index in [0.29, 0.717) is 12.4 Å². The lowest BCUT2D eigenvalue weighted by molar-refractivity contribution is 0.198. The Morgan fingerprint density at radius 1 is 0.897 bits per heavy atom. The predicted molar refractivity (Wildman–Crippen MR) is 121 cm³/mol. The molecule has 0 fully saturated rings. The first-order chi connectivity index (χ1) is 14.0. The van der Waals surface area contributed by atoms with Gasteiger partial charge in [-0.05, 0) is 23.5 Å². The molecule has 3 aromatic rings. The van der Waals surface area contributed by atoms with Crippen molar-refractivity contribution in [2.75, 3.05) is 30.9 Å². The molecule has 2 N–H and O–H groups in total. The molecule has 0 amide bonds. The molecule has 152 valence electrons. The molecular weight excluding hydrogens is 360 g/mol. The molecule has 3 rings (SSSR count). The van der Waals surface area contributed by atoms with E-state index in [1.165, 1.54) is 5.56 Å². The Balaban J connectivity index is 1.93. The summed E-state index contributed by atoms with van der Waals surface area (Å²) in [6.45, 7) is 8.15. The summed E-state index contributed by atoms with van der Waals surface area (Å²) in [6, 6.07) is 20.4. The summed E-state index contributed by atoms with van der Waals surface area (Å²) in [5, 5.41) is 6.90. The van der Waals surface area contributed by atoms with E-state index >= 15 is 0 Å². The van der Waals surface area contributed by atoms with Gasteiger partial charge in [-0.15, -0.1) is 0 Å². The second-order valence-electron chi connectivity index (χ2n) is 8.02. The van der Waals surface area contributed by atoms with Gasteiger partial charge in [-0.1, -0.05) is 69.3 Å². The first-order valence-electron chi connectivity index (χ1n) is 10.0. The van der Waals surface area contributed by atoms with Crippen molar-refractivity contribution in [3.63, 3.8) is 0 Å². The summed E-state index contributed by atoms with van der Waals surface area (Å²) in [5.41, 5.74) is 3.32. The van der Waals surface area contributed by atoms with E-state index in [1.807, 2.05) is 42.5 Å². The highest BCUT2D eigenvalue weighted by atomic mass is 16.5. The van der Waals surface area contributed by atoms with Gasteiger partial charge in [0, 0.05) is 37.6 Å². The Morgan fingerprint density at radius 2 is 1.59 bits per heavy atom. The van der Waals surface area contributed by atoms with Crippen molar-refractivity contribution in [2.24, 2.45) is 0 Å². The Morgan fingerprint density at radius 3 is 2.31 bits per heavy atom. The van der Waals surface area contributed by atoms with Crippen molar-refractivity contribution in [3.8, 4) is 11.4 Å². The van der Waals surface area contributed by atoms with E-state index in [2.05, 4.69) is 49.6 Å². The summed E-state index contributed by atoms with van der Waals surface area (Å²) < 4.78 is 5.14. The quantitative estimate of drug-likeness (QED) is 0.488. The van der Waals surface area contributed by atoms with Crippen LogP contribution in [0.15, 0.2) is 60.7 Å². The topological polar surface area (TPSA) is 59.1 Å². The molecular formula is C24H30N4O. The fourth-order valence-corrected chi connectivity index (χ4v) is 3.14. The lowest BCUT2D eigenvalue weighted by Crippen LogP contribution is -2.14. The van der Waals surface area contributed by atoms with Crippen LogP contribution in [0.4, 0.5) is 17.3 Å². The number of hydrogen-bond donors (Lipinski definition) is 2. The van der Waals surface area contributed by atoms with Crippen LogP contribution < -0.4 is 10.6 Å². The van der Waals surface area contributed by atoms with E-state index < -0.39 is 0 Å². The van der Waals surface area contributed by atoms with Crippen LogP contribution >= 0.6 is 0 Å². The third-order valence-corrected chi connectivity index (χ3v) is 4.59. The lowest BCUT2D eigenvalue weighted by atomic mass is 9.86. The summed E-state index contributed by atoms with van der Waals surface area (Å²) in [4.78, 5) is 9.49. The van der Waals surface area contributed by atoms with Gasteiger partial charge in [0.1, 0.15) is 11.6 Å². The zero-order valence-corrected chi connectivity index (χ0v) is 17.7. The number of methoxy groups -OCH3 is 1. The molecule has 0 spiro atoms. The number of ether oxygens (including phenoxy) is 1.